The molecule has 2 saturated heterocycles. The van der Waals surface area contributed by atoms with Gasteiger partial charge in [0.15, 0.2) is 0 Å². The second-order valence-corrected chi connectivity index (χ2v) is 6.41. The molecule has 0 aliphatic carbocycles. The number of hydrogen-bond acceptors (Lipinski definition) is 4. The Balaban J connectivity index is 1.51. The third-order valence-corrected chi connectivity index (χ3v) is 4.69. The third kappa shape index (κ3) is 2.70. The molecule has 3 heterocycles. The highest BCUT2D eigenvalue weighted by atomic mass is 16.4. The van der Waals surface area contributed by atoms with Crippen LogP contribution in [0.1, 0.15) is 36.5 Å². The summed E-state index contributed by atoms with van der Waals surface area (Å²) in [5, 5.41) is 10.0. The van der Waals surface area contributed by atoms with Crippen LogP contribution in [-0.2, 0) is 4.79 Å². The van der Waals surface area contributed by atoms with Crippen LogP contribution in [0.2, 0.25) is 0 Å². The lowest BCUT2D eigenvalue weighted by Crippen LogP contribution is -2.42. The molecule has 0 radical (unpaired) electrons. The van der Waals surface area contributed by atoms with E-state index >= 15 is 0 Å². The van der Waals surface area contributed by atoms with Gasteiger partial charge < -0.3 is 15.1 Å². The van der Waals surface area contributed by atoms with Gasteiger partial charge in [-0.2, -0.15) is 0 Å². The van der Waals surface area contributed by atoms with Crippen LogP contribution in [0.4, 0.5) is 5.88 Å². The molecule has 2 aliphatic rings. The van der Waals surface area contributed by atoms with Crippen molar-refractivity contribution in [3.8, 4) is 0 Å². The minimum absolute atomic E-state index is 0.0615. The monoisotopic (exact) mass is 313 g/mol. The molecule has 6 heteroatoms. The van der Waals surface area contributed by atoms with Gasteiger partial charge in [0.25, 0.3) is 5.91 Å². The Morgan fingerprint density at radius 3 is 2.83 bits per heavy atom. The average molecular weight is 313 g/mol. The topological polar surface area (TPSA) is 83.4 Å². The summed E-state index contributed by atoms with van der Waals surface area (Å²) in [5.41, 5.74) is 1.25. The largest absolute Gasteiger partial charge is 0.440 e. The zero-order chi connectivity index (χ0) is 16.0. The quantitative estimate of drug-likeness (QED) is 0.809. The predicted molar refractivity (Wildman–Crippen MR) is 86.3 cm³/mol. The second kappa shape index (κ2) is 5.38. The summed E-state index contributed by atoms with van der Waals surface area (Å²) in [6.45, 7) is 1.43. The van der Waals surface area contributed by atoms with Crippen molar-refractivity contribution in [2.45, 2.75) is 44.3 Å². The van der Waals surface area contributed by atoms with Crippen molar-refractivity contribution in [2.24, 2.45) is 0 Å². The maximum absolute atomic E-state index is 12.5. The average Bonchev–Trinajstić information content (AvgIpc) is 3.19. The smallest absolute Gasteiger partial charge is 0.251 e. The van der Waals surface area contributed by atoms with Crippen LogP contribution in [0.3, 0.4) is 0 Å². The summed E-state index contributed by atoms with van der Waals surface area (Å²) in [6, 6.07) is 8.21. The van der Waals surface area contributed by atoms with Crippen molar-refractivity contribution in [1.82, 2.24) is 10.6 Å². The zero-order valence-electron chi connectivity index (χ0n) is 12.9. The van der Waals surface area contributed by atoms with E-state index in [1.165, 1.54) is 13.3 Å². The number of fused-ring (bicyclic) bond motifs is 3. The number of rotatable bonds is 3. The van der Waals surface area contributed by atoms with Gasteiger partial charge in [0, 0.05) is 42.1 Å². The van der Waals surface area contributed by atoms with Crippen molar-refractivity contribution in [2.75, 3.05) is 5.32 Å². The van der Waals surface area contributed by atoms with Crippen molar-refractivity contribution in [1.29, 1.82) is 0 Å². The lowest BCUT2D eigenvalue weighted by molar-refractivity contribution is -0.114. The first-order valence-electron chi connectivity index (χ1n) is 7.96. The van der Waals surface area contributed by atoms with E-state index in [2.05, 4.69) is 16.0 Å². The van der Waals surface area contributed by atoms with E-state index in [9.17, 15) is 9.59 Å². The highest BCUT2D eigenvalue weighted by Crippen LogP contribution is 2.29. The number of furan rings is 1. The molecule has 0 saturated carbocycles. The number of nitrogens with one attached hydrogen (secondary N) is 3. The van der Waals surface area contributed by atoms with Gasteiger partial charge in [0.2, 0.25) is 11.8 Å². The normalized spacial score (nSPS) is 25.7. The standard InChI is InChI=1S/C17H19N3O3/c1-9(21)18-16-7-11-6-10(2-5-15(11)23-16)17(22)20-14-8-12-3-4-13(14)19-12/h2,5-7,12-14,19H,3-4,8H2,1H3,(H,18,21)(H,20,22)/t12-,13+,14-/m1/s1. The first kappa shape index (κ1) is 14.3. The number of anilines is 1. The Kier molecular flexibility index (Phi) is 3.34. The van der Waals surface area contributed by atoms with Crippen LogP contribution in [0.25, 0.3) is 11.0 Å². The first-order valence-corrected chi connectivity index (χ1v) is 7.96. The molecule has 1 aromatic heterocycles. The fraction of sp³-hybridized carbons (Fsp3) is 0.412. The SMILES string of the molecule is CC(=O)Nc1cc2cc(C(=O)N[C@@H]3C[C@H]4CC[C@@H]3N4)ccc2o1. The molecule has 2 amide bonds. The Bertz CT molecular complexity index is 782. The van der Waals surface area contributed by atoms with Crippen LogP contribution in [0.5, 0.6) is 0 Å². The molecular formula is C17H19N3O3. The minimum Gasteiger partial charge on any atom is -0.440 e. The summed E-state index contributed by atoms with van der Waals surface area (Å²) in [4.78, 5) is 23.5. The van der Waals surface area contributed by atoms with Crippen LogP contribution in [0.15, 0.2) is 28.7 Å². The van der Waals surface area contributed by atoms with Crippen molar-refractivity contribution in [3.63, 3.8) is 0 Å². The number of carbonyl (C=O) groups is 2. The highest BCUT2D eigenvalue weighted by Gasteiger charge is 2.39. The first-order chi connectivity index (χ1) is 11.1. The Morgan fingerprint density at radius 1 is 1.26 bits per heavy atom. The molecule has 3 N–H and O–H groups in total. The molecule has 1 aromatic carbocycles. The predicted octanol–water partition coefficient (Wildman–Crippen LogP) is 2.01. The molecule has 6 nitrogen and oxygen atoms in total. The Hall–Kier alpha value is -2.34. The molecule has 120 valence electrons. The molecule has 2 aliphatic heterocycles. The van der Waals surface area contributed by atoms with E-state index in [0.29, 0.717) is 29.1 Å². The summed E-state index contributed by atoms with van der Waals surface area (Å²) in [7, 11) is 0. The molecule has 2 fully saturated rings. The fourth-order valence-electron chi connectivity index (χ4n) is 3.66. The highest BCUT2D eigenvalue weighted by molar-refractivity contribution is 5.99. The van der Waals surface area contributed by atoms with Gasteiger partial charge in [-0.25, -0.2) is 0 Å². The van der Waals surface area contributed by atoms with Crippen LogP contribution in [-0.4, -0.2) is 29.9 Å². The van der Waals surface area contributed by atoms with E-state index in [-0.39, 0.29) is 17.9 Å². The number of hydrogen-bond donors (Lipinski definition) is 3. The molecule has 2 aromatic rings. The summed E-state index contributed by atoms with van der Waals surface area (Å²) in [6.07, 6.45) is 3.36. The van der Waals surface area contributed by atoms with E-state index in [0.717, 1.165) is 18.2 Å². The van der Waals surface area contributed by atoms with E-state index in [1.807, 2.05) is 0 Å². The zero-order valence-corrected chi connectivity index (χ0v) is 12.9. The number of benzene rings is 1. The van der Waals surface area contributed by atoms with Crippen molar-refractivity contribution in [3.05, 3.63) is 29.8 Å². The molecule has 0 unspecified atom stereocenters. The minimum atomic E-state index is -0.189. The molecular weight excluding hydrogens is 294 g/mol. The summed E-state index contributed by atoms with van der Waals surface area (Å²) >= 11 is 0. The van der Waals surface area contributed by atoms with E-state index < -0.39 is 0 Å². The van der Waals surface area contributed by atoms with Gasteiger partial charge in [0.1, 0.15) is 5.58 Å². The van der Waals surface area contributed by atoms with Gasteiger partial charge in [-0.3, -0.25) is 14.9 Å². The molecule has 23 heavy (non-hydrogen) atoms. The molecule has 0 spiro atoms. The van der Waals surface area contributed by atoms with Crippen LogP contribution < -0.4 is 16.0 Å². The van der Waals surface area contributed by atoms with Crippen molar-refractivity contribution >= 4 is 28.7 Å². The van der Waals surface area contributed by atoms with Gasteiger partial charge in [-0.05, 0) is 37.5 Å². The summed E-state index contributed by atoms with van der Waals surface area (Å²) < 4.78 is 5.51. The Morgan fingerprint density at radius 2 is 2.13 bits per heavy atom. The molecule has 4 rings (SSSR count). The van der Waals surface area contributed by atoms with Crippen molar-refractivity contribution < 1.29 is 14.0 Å². The number of amides is 2. The maximum atomic E-state index is 12.5. The lowest BCUT2D eigenvalue weighted by Gasteiger charge is -2.21. The van der Waals surface area contributed by atoms with E-state index in [1.54, 1.807) is 24.3 Å². The van der Waals surface area contributed by atoms with Gasteiger partial charge in [0.05, 0.1) is 0 Å². The van der Waals surface area contributed by atoms with Gasteiger partial charge in [-0.15, -0.1) is 0 Å². The van der Waals surface area contributed by atoms with Gasteiger partial charge in [-0.1, -0.05) is 0 Å². The van der Waals surface area contributed by atoms with Crippen LogP contribution >= 0.6 is 0 Å². The Labute approximate surface area is 133 Å². The van der Waals surface area contributed by atoms with Crippen LogP contribution in [0, 0.1) is 0 Å². The fourth-order valence-corrected chi connectivity index (χ4v) is 3.66. The lowest BCUT2D eigenvalue weighted by atomic mass is 9.95. The number of carbonyl (C=O) groups excluding carboxylic acids is 2. The summed E-state index contributed by atoms with van der Waals surface area (Å²) in [5.74, 6) is 0.140. The maximum Gasteiger partial charge on any atom is 0.251 e. The van der Waals surface area contributed by atoms with E-state index in [4.69, 9.17) is 4.42 Å². The molecule has 3 atom stereocenters. The van der Waals surface area contributed by atoms with Gasteiger partial charge >= 0.3 is 0 Å². The molecule has 2 bridgehead atoms. The third-order valence-electron chi connectivity index (χ3n) is 4.69. The second-order valence-electron chi connectivity index (χ2n) is 6.41.